The van der Waals surface area contributed by atoms with Crippen molar-refractivity contribution in [2.45, 2.75) is 30.0 Å². The van der Waals surface area contributed by atoms with Crippen LogP contribution in [-0.4, -0.2) is 30.4 Å². The van der Waals surface area contributed by atoms with Crippen molar-refractivity contribution in [1.29, 1.82) is 0 Å². The first-order valence-electron chi connectivity index (χ1n) is 6.76. The van der Waals surface area contributed by atoms with E-state index in [2.05, 4.69) is 17.0 Å². The fraction of sp³-hybridized carbons (Fsp3) is 0.429. The predicted molar refractivity (Wildman–Crippen MR) is 80.5 cm³/mol. The SMILES string of the molecule is Cc1ccc(S(=O)(=O)N2CCC(n3cccc3)CC2)s1. The molecule has 3 rings (SSSR count). The van der Waals surface area contributed by atoms with Crippen LogP contribution in [0, 0.1) is 6.92 Å². The quantitative estimate of drug-likeness (QED) is 0.875. The van der Waals surface area contributed by atoms with Gasteiger partial charge in [0.2, 0.25) is 0 Å². The summed E-state index contributed by atoms with van der Waals surface area (Å²) < 4.78 is 29.3. The molecule has 2 aromatic heterocycles. The monoisotopic (exact) mass is 310 g/mol. The van der Waals surface area contributed by atoms with Crippen molar-refractivity contribution in [2.24, 2.45) is 0 Å². The molecule has 0 atom stereocenters. The van der Waals surface area contributed by atoms with Crippen molar-refractivity contribution in [3.05, 3.63) is 41.5 Å². The molecule has 108 valence electrons. The van der Waals surface area contributed by atoms with Gasteiger partial charge in [-0.3, -0.25) is 0 Å². The van der Waals surface area contributed by atoms with Gasteiger partial charge in [-0.1, -0.05) is 0 Å². The van der Waals surface area contributed by atoms with Crippen LogP contribution in [0.4, 0.5) is 0 Å². The fourth-order valence-electron chi connectivity index (χ4n) is 2.65. The van der Waals surface area contributed by atoms with Crippen LogP contribution in [0.15, 0.2) is 40.9 Å². The number of sulfonamides is 1. The maximum absolute atomic E-state index is 12.5. The third-order valence-corrected chi connectivity index (χ3v) is 7.15. The summed E-state index contributed by atoms with van der Waals surface area (Å²) in [4.78, 5) is 1.03. The van der Waals surface area contributed by atoms with Crippen LogP contribution >= 0.6 is 11.3 Å². The van der Waals surface area contributed by atoms with Crippen molar-refractivity contribution in [2.75, 3.05) is 13.1 Å². The second kappa shape index (κ2) is 5.35. The maximum atomic E-state index is 12.5. The Kier molecular flexibility index (Phi) is 3.70. The van der Waals surface area contributed by atoms with Crippen molar-refractivity contribution >= 4 is 21.4 Å². The van der Waals surface area contributed by atoms with Crippen LogP contribution in [0.25, 0.3) is 0 Å². The predicted octanol–water partition coefficient (Wildman–Crippen LogP) is 2.88. The second-order valence-electron chi connectivity index (χ2n) is 5.13. The highest BCUT2D eigenvalue weighted by atomic mass is 32.2. The average Bonchev–Trinajstić information content (AvgIpc) is 3.10. The molecule has 1 saturated heterocycles. The Balaban J connectivity index is 1.72. The van der Waals surface area contributed by atoms with Crippen molar-refractivity contribution in [3.63, 3.8) is 0 Å². The van der Waals surface area contributed by atoms with E-state index in [0.717, 1.165) is 17.7 Å². The Morgan fingerprint density at radius 1 is 1.15 bits per heavy atom. The minimum atomic E-state index is -3.29. The van der Waals surface area contributed by atoms with Gasteiger partial charge in [-0.05, 0) is 44.0 Å². The molecule has 0 unspecified atom stereocenters. The Morgan fingerprint density at radius 2 is 1.80 bits per heavy atom. The molecule has 3 heterocycles. The Morgan fingerprint density at radius 3 is 2.35 bits per heavy atom. The lowest BCUT2D eigenvalue weighted by Gasteiger charge is -2.31. The number of thiophene rings is 1. The molecule has 0 bridgehead atoms. The molecular formula is C14H18N2O2S2. The van der Waals surface area contributed by atoms with E-state index in [9.17, 15) is 8.42 Å². The van der Waals surface area contributed by atoms with Gasteiger partial charge < -0.3 is 4.57 Å². The molecule has 6 heteroatoms. The molecule has 20 heavy (non-hydrogen) atoms. The van der Waals surface area contributed by atoms with Crippen molar-refractivity contribution in [1.82, 2.24) is 8.87 Å². The maximum Gasteiger partial charge on any atom is 0.252 e. The van der Waals surface area contributed by atoms with Gasteiger partial charge in [0.25, 0.3) is 10.0 Å². The van der Waals surface area contributed by atoms with Crippen LogP contribution in [0.1, 0.15) is 23.8 Å². The number of nitrogens with zero attached hydrogens (tertiary/aromatic N) is 2. The average molecular weight is 310 g/mol. The molecular weight excluding hydrogens is 292 g/mol. The number of hydrogen-bond acceptors (Lipinski definition) is 3. The summed E-state index contributed by atoms with van der Waals surface area (Å²) in [6.45, 7) is 3.13. The Labute approximate surface area is 123 Å². The summed E-state index contributed by atoms with van der Waals surface area (Å²) in [7, 11) is -3.29. The van der Waals surface area contributed by atoms with E-state index < -0.39 is 10.0 Å². The summed E-state index contributed by atoms with van der Waals surface area (Å²) in [6, 6.07) is 8.02. The normalized spacial score (nSPS) is 18.4. The number of piperidine rings is 1. The smallest absolute Gasteiger partial charge is 0.252 e. The summed E-state index contributed by atoms with van der Waals surface area (Å²) in [5.74, 6) is 0. The van der Waals surface area contributed by atoms with Crippen molar-refractivity contribution < 1.29 is 8.42 Å². The van der Waals surface area contributed by atoms with Crippen LogP contribution < -0.4 is 0 Å². The van der Waals surface area contributed by atoms with Gasteiger partial charge in [0.1, 0.15) is 4.21 Å². The number of aromatic nitrogens is 1. The summed E-state index contributed by atoms with van der Waals surface area (Å²) in [6.07, 6.45) is 5.85. The van der Waals surface area contributed by atoms with E-state index in [1.807, 2.05) is 25.1 Å². The van der Waals surface area contributed by atoms with E-state index in [4.69, 9.17) is 0 Å². The van der Waals surface area contributed by atoms with Gasteiger partial charge in [-0.15, -0.1) is 11.3 Å². The van der Waals surface area contributed by atoms with Gasteiger partial charge in [-0.2, -0.15) is 4.31 Å². The molecule has 0 radical (unpaired) electrons. The first-order valence-corrected chi connectivity index (χ1v) is 9.02. The second-order valence-corrected chi connectivity index (χ2v) is 8.58. The van der Waals surface area contributed by atoms with Gasteiger partial charge in [0.05, 0.1) is 0 Å². The summed E-state index contributed by atoms with van der Waals surface area (Å²) in [5.41, 5.74) is 0. The third kappa shape index (κ3) is 2.55. The van der Waals surface area contributed by atoms with Crippen LogP contribution in [0.2, 0.25) is 0 Å². The van der Waals surface area contributed by atoms with Gasteiger partial charge in [0, 0.05) is 36.4 Å². The third-order valence-electron chi connectivity index (χ3n) is 3.78. The number of hydrogen-bond donors (Lipinski definition) is 0. The number of rotatable bonds is 3. The zero-order valence-corrected chi connectivity index (χ0v) is 13.0. The molecule has 1 aliphatic rings. The molecule has 0 saturated carbocycles. The lowest BCUT2D eigenvalue weighted by Crippen LogP contribution is -2.38. The Hall–Kier alpha value is -1.11. The van der Waals surface area contributed by atoms with Crippen molar-refractivity contribution in [3.8, 4) is 0 Å². The largest absolute Gasteiger partial charge is 0.351 e. The van der Waals surface area contributed by atoms with E-state index >= 15 is 0 Å². The molecule has 0 spiro atoms. The molecule has 2 aromatic rings. The van der Waals surface area contributed by atoms with E-state index in [0.29, 0.717) is 23.3 Å². The van der Waals surface area contributed by atoms with E-state index in [-0.39, 0.29) is 0 Å². The molecule has 4 nitrogen and oxygen atoms in total. The van der Waals surface area contributed by atoms with Crippen LogP contribution in [0.3, 0.4) is 0 Å². The van der Waals surface area contributed by atoms with Gasteiger partial charge in [0.15, 0.2) is 0 Å². The molecule has 0 aromatic carbocycles. The lowest BCUT2D eigenvalue weighted by atomic mass is 10.1. The standard InChI is InChI=1S/C14H18N2O2S2/c1-12-4-5-14(19-12)20(17,18)16-10-6-13(7-11-16)15-8-2-3-9-15/h2-5,8-9,13H,6-7,10-11H2,1H3. The first-order chi connectivity index (χ1) is 9.57. The lowest BCUT2D eigenvalue weighted by molar-refractivity contribution is 0.274. The summed E-state index contributed by atoms with van der Waals surface area (Å²) in [5, 5.41) is 0. The highest BCUT2D eigenvalue weighted by molar-refractivity contribution is 7.91. The Bertz CT molecular complexity index is 666. The van der Waals surface area contributed by atoms with Gasteiger partial charge in [-0.25, -0.2) is 8.42 Å². The van der Waals surface area contributed by atoms with Gasteiger partial charge >= 0.3 is 0 Å². The van der Waals surface area contributed by atoms with Crippen LogP contribution in [-0.2, 0) is 10.0 Å². The van der Waals surface area contributed by atoms with Crippen LogP contribution in [0.5, 0.6) is 0 Å². The summed E-state index contributed by atoms with van der Waals surface area (Å²) >= 11 is 1.35. The van der Waals surface area contributed by atoms with E-state index in [1.54, 1.807) is 10.4 Å². The molecule has 0 amide bonds. The fourth-order valence-corrected chi connectivity index (χ4v) is 5.56. The highest BCUT2D eigenvalue weighted by Crippen LogP contribution is 2.29. The highest BCUT2D eigenvalue weighted by Gasteiger charge is 2.30. The number of aryl methyl sites for hydroxylation is 1. The topological polar surface area (TPSA) is 42.3 Å². The molecule has 1 aliphatic heterocycles. The molecule has 0 N–H and O–H groups in total. The van der Waals surface area contributed by atoms with E-state index in [1.165, 1.54) is 11.3 Å². The molecule has 0 aliphatic carbocycles. The minimum Gasteiger partial charge on any atom is -0.351 e. The minimum absolute atomic E-state index is 0.418. The zero-order chi connectivity index (χ0) is 14.2. The zero-order valence-electron chi connectivity index (χ0n) is 11.4. The molecule has 1 fully saturated rings. The first kappa shape index (κ1) is 13.9.